The van der Waals surface area contributed by atoms with E-state index in [0.717, 1.165) is 35.3 Å². The largest absolute Gasteiger partial charge is 0.273 e. The molecule has 0 aliphatic carbocycles. The predicted octanol–water partition coefficient (Wildman–Crippen LogP) is 6.04. The Kier molecular flexibility index (Phi) is 5.06. The molecule has 2 atom stereocenters. The third-order valence-electron chi connectivity index (χ3n) is 5.07. The second-order valence-electron chi connectivity index (χ2n) is 6.71. The van der Waals surface area contributed by atoms with Crippen molar-refractivity contribution < 1.29 is 8.78 Å². The number of fused-ring (bicyclic) bond motifs is 2. The molecule has 0 bridgehead atoms. The molecular formula is C20H22F2N2S2. The first-order valence-electron chi connectivity index (χ1n) is 9.05. The third kappa shape index (κ3) is 3.18. The number of halogens is 2. The number of nitrogens with zero attached hydrogens (tertiary/aromatic N) is 2. The molecule has 2 unspecified atom stereocenters. The number of rotatable bonds is 5. The third-order valence-corrected chi connectivity index (χ3v) is 7.47. The Morgan fingerprint density at radius 3 is 1.62 bits per heavy atom. The Balaban J connectivity index is 1.54. The Hall–Kier alpha value is -1.40. The molecule has 0 saturated heterocycles. The molecule has 0 amide bonds. The molecule has 0 saturated carbocycles. The van der Waals surface area contributed by atoms with Crippen LogP contribution in [0.2, 0.25) is 0 Å². The molecule has 2 heterocycles. The molecule has 2 aliphatic heterocycles. The van der Waals surface area contributed by atoms with Crippen LogP contribution in [0.3, 0.4) is 0 Å². The van der Waals surface area contributed by atoms with Crippen LogP contribution in [-0.4, -0.2) is 12.6 Å². The lowest BCUT2D eigenvalue weighted by Gasteiger charge is -2.25. The van der Waals surface area contributed by atoms with E-state index >= 15 is 0 Å². The van der Waals surface area contributed by atoms with Gasteiger partial charge in [0.25, 0.3) is 0 Å². The molecule has 26 heavy (non-hydrogen) atoms. The quantitative estimate of drug-likeness (QED) is 0.347. The van der Waals surface area contributed by atoms with Crippen LogP contribution in [0.1, 0.15) is 36.1 Å². The monoisotopic (exact) mass is 392 g/mol. The van der Waals surface area contributed by atoms with Gasteiger partial charge in [0, 0.05) is 34.8 Å². The fourth-order valence-corrected chi connectivity index (χ4v) is 5.94. The summed E-state index contributed by atoms with van der Waals surface area (Å²) >= 11 is 0. The van der Waals surface area contributed by atoms with Crippen molar-refractivity contribution in [2.75, 3.05) is 8.61 Å². The van der Waals surface area contributed by atoms with Gasteiger partial charge in [-0.3, -0.25) is 8.61 Å². The fourth-order valence-electron chi connectivity index (χ4n) is 3.49. The molecule has 4 rings (SSSR count). The Bertz CT molecular complexity index is 747. The molecule has 138 valence electrons. The van der Waals surface area contributed by atoms with Crippen molar-refractivity contribution in [3.05, 3.63) is 58.7 Å². The number of hydrogen-bond acceptors (Lipinski definition) is 4. The van der Waals surface area contributed by atoms with Crippen LogP contribution in [0.25, 0.3) is 0 Å². The molecule has 2 aromatic rings. The lowest BCUT2D eigenvalue weighted by atomic mass is 10.1. The van der Waals surface area contributed by atoms with Gasteiger partial charge < -0.3 is 0 Å². The Morgan fingerprint density at radius 2 is 1.23 bits per heavy atom. The van der Waals surface area contributed by atoms with E-state index in [9.17, 15) is 8.78 Å². The van der Waals surface area contributed by atoms with E-state index in [0.29, 0.717) is 12.8 Å². The maximum absolute atomic E-state index is 14.6. The highest BCUT2D eigenvalue weighted by molar-refractivity contribution is 8.77. The van der Waals surface area contributed by atoms with Gasteiger partial charge in [-0.2, -0.15) is 0 Å². The molecule has 2 aliphatic rings. The minimum absolute atomic E-state index is 0.391. The molecule has 2 aromatic carbocycles. The summed E-state index contributed by atoms with van der Waals surface area (Å²) in [5.74, 6) is 0. The minimum Gasteiger partial charge on any atom is -0.273 e. The van der Waals surface area contributed by atoms with Crippen molar-refractivity contribution in [2.45, 2.75) is 52.1 Å². The first-order chi connectivity index (χ1) is 12.6. The number of benzene rings is 2. The van der Waals surface area contributed by atoms with Crippen LogP contribution >= 0.6 is 22.0 Å². The SMILES string of the molecule is CCc1ccc2c(c1)N(SSN1c3cc(CC)ccc3CC1F)C(F)C2. The van der Waals surface area contributed by atoms with Crippen molar-refractivity contribution in [1.82, 2.24) is 0 Å². The lowest BCUT2D eigenvalue weighted by Crippen LogP contribution is -2.24. The van der Waals surface area contributed by atoms with Gasteiger partial charge in [0.05, 0.1) is 11.4 Å². The molecule has 2 nitrogen and oxygen atoms in total. The zero-order valence-corrected chi connectivity index (χ0v) is 16.5. The molecular weight excluding hydrogens is 370 g/mol. The molecule has 0 fully saturated rings. The molecule has 0 spiro atoms. The van der Waals surface area contributed by atoms with E-state index in [4.69, 9.17) is 0 Å². The zero-order chi connectivity index (χ0) is 18.3. The van der Waals surface area contributed by atoms with Crippen molar-refractivity contribution in [3.63, 3.8) is 0 Å². The summed E-state index contributed by atoms with van der Waals surface area (Å²) < 4.78 is 32.5. The van der Waals surface area contributed by atoms with Gasteiger partial charge >= 0.3 is 0 Å². The Labute approximate surface area is 161 Å². The average Bonchev–Trinajstić information content (AvgIpc) is 3.14. The second kappa shape index (κ2) is 7.31. The first-order valence-corrected chi connectivity index (χ1v) is 11.1. The first kappa shape index (κ1) is 18.0. The summed E-state index contributed by atoms with van der Waals surface area (Å²) in [6.07, 6.45) is 0.475. The predicted molar refractivity (Wildman–Crippen MR) is 109 cm³/mol. The van der Waals surface area contributed by atoms with Gasteiger partial charge in [0.1, 0.15) is 0 Å². The smallest absolute Gasteiger partial charge is 0.186 e. The summed E-state index contributed by atoms with van der Waals surface area (Å²) in [6.45, 7) is 4.19. The molecule has 0 N–H and O–H groups in total. The summed E-state index contributed by atoms with van der Waals surface area (Å²) in [5, 5.41) is 0. The van der Waals surface area contributed by atoms with E-state index in [-0.39, 0.29) is 0 Å². The van der Waals surface area contributed by atoms with E-state index < -0.39 is 12.6 Å². The second-order valence-corrected chi connectivity index (χ2v) is 8.69. The van der Waals surface area contributed by atoms with E-state index in [1.54, 1.807) is 8.61 Å². The topological polar surface area (TPSA) is 6.48 Å². The standard InChI is InChI=1S/C20H22F2N2S2/c1-3-13-5-7-15-11-19(21)23(17(15)9-13)25-26-24-18-10-14(4-2)6-8-16(18)12-20(24)22/h5-10,19-20H,3-4,11-12H2,1-2H3. The van der Waals surface area contributed by atoms with Crippen molar-refractivity contribution in [2.24, 2.45) is 0 Å². The zero-order valence-electron chi connectivity index (χ0n) is 14.9. The van der Waals surface area contributed by atoms with Crippen LogP contribution in [0.5, 0.6) is 0 Å². The normalized spacial score (nSPS) is 21.2. The summed E-state index contributed by atoms with van der Waals surface area (Å²) in [4.78, 5) is 0. The summed E-state index contributed by atoms with van der Waals surface area (Å²) in [6, 6.07) is 12.3. The van der Waals surface area contributed by atoms with Crippen molar-refractivity contribution in [3.8, 4) is 0 Å². The van der Waals surface area contributed by atoms with E-state index in [2.05, 4.69) is 38.1 Å². The summed E-state index contributed by atoms with van der Waals surface area (Å²) in [5.41, 5.74) is 6.27. The van der Waals surface area contributed by atoms with Gasteiger partial charge in [-0.1, -0.05) is 38.1 Å². The van der Waals surface area contributed by atoms with Gasteiger partial charge in [0.2, 0.25) is 0 Å². The van der Waals surface area contributed by atoms with Crippen molar-refractivity contribution in [1.29, 1.82) is 0 Å². The van der Waals surface area contributed by atoms with E-state index in [1.165, 1.54) is 33.1 Å². The fraction of sp³-hybridized carbons (Fsp3) is 0.400. The van der Waals surface area contributed by atoms with Gasteiger partial charge in [-0.05, 0) is 47.2 Å². The van der Waals surface area contributed by atoms with Crippen LogP contribution < -0.4 is 8.61 Å². The van der Waals surface area contributed by atoms with Crippen molar-refractivity contribution >= 4 is 33.3 Å². The number of hydrogen-bond donors (Lipinski definition) is 0. The van der Waals surface area contributed by atoms with Gasteiger partial charge in [-0.15, -0.1) is 0 Å². The molecule has 0 aromatic heterocycles. The maximum atomic E-state index is 14.6. The van der Waals surface area contributed by atoms with E-state index in [1.807, 2.05) is 12.1 Å². The molecule has 0 radical (unpaired) electrons. The molecule has 6 heteroatoms. The van der Waals surface area contributed by atoms with Crippen LogP contribution in [0, 0.1) is 0 Å². The Morgan fingerprint density at radius 1 is 0.808 bits per heavy atom. The lowest BCUT2D eigenvalue weighted by molar-refractivity contribution is 0.364. The van der Waals surface area contributed by atoms with Gasteiger partial charge in [0.15, 0.2) is 12.6 Å². The van der Waals surface area contributed by atoms with Crippen LogP contribution in [0.4, 0.5) is 20.2 Å². The van der Waals surface area contributed by atoms with Crippen LogP contribution in [0.15, 0.2) is 36.4 Å². The number of alkyl halides is 2. The van der Waals surface area contributed by atoms with Gasteiger partial charge in [-0.25, -0.2) is 8.78 Å². The average molecular weight is 393 g/mol. The van der Waals surface area contributed by atoms with Crippen LogP contribution in [-0.2, 0) is 25.7 Å². The highest BCUT2D eigenvalue weighted by Crippen LogP contribution is 2.48. The summed E-state index contributed by atoms with van der Waals surface area (Å²) in [7, 11) is 2.59. The minimum atomic E-state index is -1.07. The maximum Gasteiger partial charge on any atom is 0.186 e. The highest BCUT2D eigenvalue weighted by Gasteiger charge is 2.34. The number of anilines is 2. The highest BCUT2D eigenvalue weighted by atomic mass is 33.1. The number of aryl methyl sites for hydroxylation is 2.